The van der Waals surface area contributed by atoms with E-state index >= 15 is 0 Å². The van der Waals surface area contributed by atoms with Gasteiger partial charge in [-0.05, 0) is 36.4 Å². The molecule has 1 saturated heterocycles. The number of rotatable bonds is 3. The lowest BCUT2D eigenvalue weighted by Gasteiger charge is -2.24. The number of nitrogens with one attached hydrogen (secondary N) is 2. The molecule has 0 saturated carbocycles. The number of carbonyl (C=O) groups is 2. The third-order valence-corrected chi connectivity index (χ3v) is 4.33. The van der Waals surface area contributed by atoms with Gasteiger partial charge in [0.1, 0.15) is 5.54 Å². The van der Waals surface area contributed by atoms with E-state index in [0.717, 1.165) is 5.75 Å². The summed E-state index contributed by atoms with van der Waals surface area (Å²) in [6.45, 7) is 0. The summed E-state index contributed by atoms with van der Waals surface area (Å²) in [7, 11) is 0. The molecule has 2 rings (SSSR count). The number of hydrogen-bond donors (Lipinski definition) is 3. The van der Waals surface area contributed by atoms with Gasteiger partial charge in [0, 0.05) is 16.5 Å². The van der Waals surface area contributed by atoms with Crippen LogP contribution >= 0.6 is 23.4 Å². The Kier molecular flexibility index (Phi) is 4.21. The number of carbonyl (C=O) groups excluding carboxylic acids is 1. The second-order valence-corrected chi connectivity index (χ2v) is 5.82. The Morgan fingerprint density at radius 2 is 2.00 bits per heavy atom. The van der Waals surface area contributed by atoms with E-state index in [1.807, 2.05) is 0 Å². The van der Waals surface area contributed by atoms with Gasteiger partial charge in [-0.25, -0.2) is 9.59 Å². The third kappa shape index (κ3) is 3.33. The zero-order valence-corrected chi connectivity index (χ0v) is 11.6. The Hall–Kier alpha value is -1.40. The summed E-state index contributed by atoms with van der Waals surface area (Å²) in [5.41, 5.74) is -0.602. The van der Waals surface area contributed by atoms with Gasteiger partial charge in [0.15, 0.2) is 0 Å². The largest absolute Gasteiger partial charge is 0.479 e. The third-order valence-electron chi connectivity index (χ3n) is 2.89. The molecule has 5 nitrogen and oxygen atoms in total. The number of halogens is 1. The SMILES string of the molecule is O=C(Nc1ccc(Cl)cc1)NC1(C(=O)O)CCSC1. The van der Waals surface area contributed by atoms with Crippen molar-refractivity contribution in [2.45, 2.75) is 12.0 Å². The molecular formula is C12H13ClN2O3S. The van der Waals surface area contributed by atoms with Crippen LogP contribution in [-0.2, 0) is 4.79 Å². The number of carboxylic acid groups (broad SMARTS) is 1. The molecule has 102 valence electrons. The second-order valence-electron chi connectivity index (χ2n) is 4.28. The van der Waals surface area contributed by atoms with Crippen LogP contribution in [0.5, 0.6) is 0 Å². The zero-order chi connectivity index (χ0) is 13.9. The van der Waals surface area contributed by atoms with Gasteiger partial charge in [-0.15, -0.1) is 0 Å². The minimum atomic E-state index is -1.17. The summed E-state index contributed by atoms with van der Waals surface area (Å²) >= 11 is 7.26. The number of anilines is 1. The molecule has 3 N–H and O–H groups in total. The minimum Gasteiger partial charge on any atom is -0.479 e. The summed E-state index contributed by atoms with van der Waals surface area (Å²) in [4.78, 5) is 23.1. The summed E-state index contributed by atoms with van der Waals surface area (Å²) in [5.74, 6) is 0.118. The fourth-order valence-corrected chi connectivity index (χ4v) is 3.25. The Balaban J connectivity index is 2.00. The number of carboxylic acids is 1. The summed E-state index contributed by atoms with van der Waals surface area (Å²) < 4.78 is 0. The fraction of sp³-hybridized carbons (Fsp3) is 0.333. The molecule has 0 spiro atoms. The van der Waals surface area contributed by atoms with Crippen molar-refractivity contribution in [1.29, 1.82) is 0 Å². The zero-order valence-electron chi connectivity index (χ0n) is 9.98. The van der Waals surface area contributed by atoms with Crippen molar-refractivity contribution < 1.29 is 14.7 Å². The molecule has 0 aliphatic carbocycles. The Morgan fingerprint density at radius 1 is 1.32 bits per heavy atom. The van der Waals surface area contributed by atoms with Crippen molar-refractivity contribution in [2.75, 3.05) is 16.8 Å². The highest BCUT2D eigenvalue weighted by molar-refractivity contribution is 7.99. The van der Waals surface area contributed by atoms with Gasteiger partial charge in [0.25, 0.3) is 0 Å². The van der Waals surface area contributed by atoms with E-state index in [2.05, 4.69) is 10.6 Å². The molecule has 0 aromatic heterocycles. The van der Waals surface area contributed by atoms with Crippen molar-refractivity contribution in [3.63, 3.8) is 0 Å². The standard InChI is InChI=1S/C12H13ClN2O3S/c13-8-1-3-9(4-2-8)14-11(18)15-12(10(16)17)5-6-19-7-12/h1-4H,5-7H2,(H,16,17)(H2,14,15,18). The first-order valence-corrected chi connectivity index (χ1v) is 7.21. The first-order valence-electron chi connectivity index (χ1n) is 5.68. The Bertz CT molecular complexity index is 486. The number of amides is 2. The number of benzene rings is 1. The molecule has 2 amide bonds. The maximum absolute atomic E-state index is 11.8. The summed E-state index contributed by atoms with van der Waals surface area (Å²) in [6, 6.07) is 6.08. The number of thioether (sulfide) groups is 1. The maximum atomic E-state index is 11.8. The van der Waals surface area contributed by atoms with Crippen molar-refractivity contribution in [1.82, 2.24) is 5.32 Å². The van der Waals surface area contributed by atoms with Crippen LogP contribution in [0.15, 0.2) is 24.3 Å². The molecule has 0 bridgehead atoms. The van der Waals surface area contributed by atoms with Crippen molar-refractivity contribution in [3.05, 3.63) is 29.3 Å². The quantitative estimate of drug-likeness (QED) is 0.801. The molecule has 1 heterocycles. The smallest absolute Gasteiger partial charge is 0.330 e. The van der Waals surface area contributed by atoms with Gasteiger partial charge in [-0.2, -0.15) is 11.8 Å². The Morgan fingerprint density at radius 3 is 2.53 bits per heavy atom. The summed E-state index contributed by atoms with van der Waals surface area (Å²) in [6.07, 6.45) is 0.432. The van der Waals surface area contributed by atoms with E-state index in [1.165, 1.54) is 11.8 Å². The molecule has 7 heteroatoms. The van der Waals surface area contributed by atoms with Crippen LogP contribution in [0.4, 0.5) is 10.5 Å². The molecule has 0 radical (unpaired) electrons. The van der Waals surface area contributed by atoms with Crippen molar-refractivity contribution in [3.8, 4) is 0 Å². The van der Waals surface area contributed by atoms with Crippen LogP contribution in [-0.4, -0.2) is 34.2 Å². The molecule has 1 fully saturated rings. The predicted octanol–water partition coefficient (Wildman–Crippen LogP) is 2.42. The monoisotopic (exact) mass is 300 g/mol. The number of hydrogen-bond acceptors (Lipinski definition) is 3. The molecule has 1 aliphatic heterocycles. The normalized spacial score (nSPS) is 21.9. The molecule has 1 aromatic carbocycles. The van der Waals surface area contributed by atoms with Crippen LogP contribution < -0.4 is 10.6 Å². The highest BCUT2D eigenvalue weighted by Gasteiger charge is 2.43. The molecular weight excluding hydrogens is 288 g/mol. The lowest BCUT2D eigenvalue weighted by molar-refractivity contribution is -0.143. The van der Waals surface area contributed by atoms with Crippen molar-refractivity contribution in [2.24, 2.45) is 0 Å². The molecule has 19 heavy (non-hydrogen) atoms. The number of aliphatic carboxylic acids is 1. The highest BCUT2D eigenvalue weighted by atomic mass is 35.5. The average molecular weight is 301 g/mol. The van der Waals surface area contributed by atoms with Crippen LogP contribution in [0.2, 0.25) is 5.02 Å². The van der Waals surface area contributed by atoms with Crippen LogP contribution in [0, 0.1) is 0 Å². The number of urea groups is 1. The molecule has 1 unspecified atom stereocenters. The highest BCUT2D eigenvalue weighted by Crippen LogP contribution is 2.28. The maximum Gasteiger partial charge on any atom is 0.330 e. The Labute approximate surface area is 119 Å². The van der Waals surface area contributed by atoms with Gasteiger partial charge < -0.3 is 15.7 Å². The van der Waals surface area contributed by atoms with E-state index in [9.17, 15) is 14.7 Å². The van der Waals surface area contributed by atoms with Gasteiger partial charge >= 0.3 is 12.0 Å². The molecule has 1 aliphatic rings. The minimum absolute atomic E-state index is 0.385. The first-order chi connectivity index (χ1) is 9.02. The van der Waals surface area contributed by atoms with E-state index < -0.39 is 17.5 Å². The van der Waals surface area contributed by atoms with Crippen LogP contribution in [0.25, 0.3) is 0 Å². The van der Waals surface area contributed by atoms with Gasteiger partial charge in [-0.1, -0.05) is 11.6 Å². The van der Waals surface area contributed by atoms with E-state index in [4.69, 9.17) is 11.6 Å². The van der Waals surface area contributed by atoms with E-state index in [0.29, 0.717) is 22.9 Å². The topological polar surface area (TPSA) is 78.4 Å². The average Bonchev–Trinajstić information content (AvgIpc) is 2.82. The lowest BCUT2D eigenvalue weighted by Crippen LogP contribution is -2.55. The summed E-state index contributed by atoms with van der Waals surface area (Å²) in [5, 5.41) is 15.0. The van der Waals surface area contributed by atoms with Crippen molar-refractivity contribution >= 4 is 41.1 Å². The first kappa shape index (κ1) is 14.0. The molecule has 1 aromatic rings. The van der Waals surface area contributed by atoms with E-state index in [1.54, 1.807) is 24.3 Å². The van der Waals surface area contributed by atoms with E-state index in [-0.39, 0.29) is 0 Å². The van der Waals surface area contributed by atoms with Gasteiger partial charge in [-0.3, -0.25) is 0 Å². The van der Waals surface area contributed by atoms with Gasteiger partial charge in [0.05, 0.1) is 0 Å². The fourth-order valence-electron chi connectivity index (χ4n) is 1.80. The predicted molar refractivity (Wildman–Crippen MR) is 75.9 cm³/mol. The second kappa shape index (κ2) is 5.71. The van der Waals surface area contributed by atoms with Crippen LogP contribution in [0.3, 0.4) is 0 Å². The van der Waals surface area contributed by atoms with Gasteiger partial charge in [0.2, 0.25) is 0 Å². The molecule has 1 atom stereocenters. The van der Waals surface area contributed by atoms with Crippen LogP contribution in [0.1, 0.15) is 6.42 Å². The lowest BCUT2D eigenvalue weighted by atomic mass is 10.00.